The Bertz CT molecular complexity index is 1620. The number of nitrogens with zero attached hydrogens (tertiary/aromatic N) is 1. The molecule has 0 atom stereocenters. The number of sulfone groups is 1. The second kappa shape index (κ2) is 9.67. The molecule has 0 radical (unpaired) electrons. The molecule has 0 saturated heterocycles. The molecule has 36 heavy (non-hydrogen) atoms. The number of amides is 2. The van der Waals surface area contributed by atoms with Crippen LogP contribution >= 0.6 is 0 Å². The lowest BCUT2D eigenvalue weighted by atomic mass is 10.1. The number of hydrogen-bond acceptors (Lipinski definition) is 7. The first-order chi connectivity index (χ1) is 17.1. The van der Waals surface area contributed by atoms with Gasteiger partial charge in [-0.1, -0.05) is 12.1 Å². The summed E-state index contributed by atoms with van der Waals surface area (Å²) in [5, 5.41) is 6.06. The minimum Gasteiger partial charge on any atom is -0.497 e. The number of pyridine rings is 1. The second-order valence-corrected chi connectivity index (χ2v) is 9.96. The van der Waals surface area contributed by atoms with Crippen molar-refractivity contribution in [2.75, 3.05) is 19.5 Å². The average molecular weight is 505 g/mol. The van der Waals surface area contributed by atoms with Crippen LogP contribution in [0.3, 0.4) is 0 Å². The third kappa shape index (κ3) is 4.58. The van der Waals surface area contributed by atoms with Crippen molar-refractivity contribution >= 4 is 43.9 Å². The van der Waals surface area contributed by atoms with Gasteiger partial charge in [-0.2, -0.15) is 0 Å². The summed E-state index contributed by atoms with van der Waals surface area (Å²) < 4.78 is 32.4. The first-order valence-corrected chi connectivity index (χ1v) is 12.4. The molecule has 4 rings (SSSR count). The molecule has 9 nitrogen and oxygen atoms in total. The van der Waals surface area contributed by atoms with Gasteiger partial charge in [0.05, 0.1) is 33.7 Å². The minimum atomic E-state index is -4.02. The van der Waals surface area contributed by atoms with E-state index in [9.17, 15) is 18.0 Å². The van der Waals surface area contributed by atoms with Crippen molar-refractivity contribution in [3.8, 4) is 5.75 Å². The lowest BCUT2D eigenvalue weighted by Gasteiger charge is -2.16. The number of methoxy groups -OCH3 is 1. The number of nitrogens with one attached hydrogen (secondary N) is 2. The number of fused-ring (bicyclic) bond motifs is 1. The van der Waals surface area contributed by atoms with Crippen molar-refractivity contribution in [3.63, 3.8) is 0 Å². The minimum absolute atomic E-state index is 0.0151. The van der Waals surface area contributed by atoms with Crippen LogP contribution in [0.4, 0.5) is 11.4 Å². The fourth-order valence-corrected chi connectivity index (χ4v) is 5.27. The molecule has 1 heterocycles. The number of primary amides is 1. The number of anilines is 2. The Morgan fingerprint density at radius 1 is 1.00 bits per heavy atom. The molecule has 4 N–H and O–H groups in total. The summed E-state index contributed by atoms with van der Waals surface area (Å²) in [7, 11) is -1.02. The summed E-state index contributed by atoms with van der Waals surface area (Å²) in [5.41, 5.74) is 7.95. The van der Waals surface area contributed by atoms with Gasteiger partial charge in [-0.15, -0.1) is 0 Å². The lowest BCUT2D eigenvalue weighted by molar-refractivity contribution is 0.0961. The summed E-state index contributed by atoms with van der Waals surface area (Å²) in [6.07, 6.45) is 1.36. The third-order valence-electron chi connectivity index (χ3n) is 5.68. The number of rotatable bonds is 7. The van der Waals surface area contributed by atoms with Crippen LogP contribution in [0.2, 0.25) is 0 Å². The van der Waals surface area contributed by atoms with Crippen molar-refractivity contribution < 1.29 is 22.7 Å². The van der Waals surface area contributed by atoms with E-state index in [0.717, 1.165) is 0 Å². The van der Waals surface area contributed by atoms with Crippen LogP contribution in [-0.4, -0.2) is 39.4 Å². The van der Waals surface area contributed by atoms with E-state index in [0.29, 0.717) is 33.6 Å². The van der Waals surface area contributed by atoms with Crippen molar-refractivity contribution in [1.29, 1.82) is 0 Å². The van der Waals surface area contributed by atoms with Crippen molar-refractivity contribution in [2.45, 2.75) is 16.7 Å². The highest BCUT2D eigenvalue weighted by Crippen LogP contribution is 2.35. The number of nitrogens with two attached hydrogens (primary N) is 1. The Labute approximate surface area is 208 Å². The molecule has 0 unspecified atom stereocenters. The summed E-state index contributed by atoms with van der Waals surface area (Å²) in [6.45, 7) is 1.73. The second-order valence-electron chi connectivity index (χ2n) is 8.01. The Morgan fingerprint density at radius 2 is 1.75 bits per heavy atom. The summed E-state index contributed by atoms with van der Waals surface area (Å²) >= 11 is 0. The molecule has 0 aliphatic rings. The van der Waals surface area contributed by atoms with E-state index in [1.54, 1.807) is 31.2 Å². The number of carbonyl (C=O) groups is 2. The van der Waals surface area contributed by atoms with Crippen molar-refractivity contribution in [3.05, 3.63) is 83.6 Å². The zero-order valence-corrected chi connectivity index (χ0v) is 20.6. The van der Waals surface area contributed by atoms with Gasteiger partial charge in [0.2, 0.25) is 9.84 Å². The molecule has 10 heteroatoms. The van der Waals surface area contributed by atoms with Crippen LogP contribution in [0.15, 0.2) is 76.7 Å². The predicted molar refractivity (Wildman–Crippen MR) is 137 cm³/mol. The van der Waals surface area contributed by atoms with E-state index < -0.39 is 21.7 Å². The molecule has 3 aromatic carbocycles. The van der Waals surface area contributed by atoms with Crippen LogP contribution in [0.5, 0.6) is 5.75 Å². The van der Waals surface area contributed by atoms with Crippen LogP contribution in [-0.2, 0) is 9.84 Å². The van der Waals surface area contributed by atoms with Gasteiger partial charge in [-0.05, 0) is 55.0 Å². The highest BCUT2D eigenvalue weighted by Gasteiger charge is 2.23. The maximum atomic E-state index is 13.6. The number of aromatic nitrogens is 1. The van der Waals surface area contributed by atoms with Gasteiger partial charge >= 0.3 is 0 Å². The molecule has 2 amide bonds. The van der Waals surface area contributed by atoms with E-state index in [1.807, 2.05) is 0 Å². The van der Waals surface area contributed by atoms with Crippen LogP contribution in [0, 0.1) is 6.92 Å². The Balaban J connectivity index is 1.93. The van der Waals surface area contributed by atoms with E-state index in [4.69, 9.17) is 10.5 Å². The van der Waals surface area contributed by atoms with Crippen molar-refractivity contribution in [2.24, 2.45) is 5.73 Å². The van der Waals surface area contributed by atoms with E-state index in [-0.39, 0.29) is 20.9 Å². The standard InChI is InChI=1S/C26H24N4O5S/c1-15-10-20(36(33,34)19-9-4-6-16(11-19)26(32)28-2)13-21-23(15)29-14-22(25(27)31)24(21)30-17-7-5-8-18(12-17)35-3/h4-14H,1-3H3,(H2,27,31)(H,28,32)(H,29,30). The van der Waals surface area contributed by atoms with E-state index in [2.05, 4.69) is 15.6 Å². The Hall–Kier alpha value is -4.44. The van der Waals surface area contributed by atoms with Gasteiger partial charge in [0, 0.05) is 35.9 Å². The molecule has 4 aromatic rings. The molecule has 0 aliphatic carbocycles. The monoisotopic (exact) mass is 504 g/mol. The zero-order chi connectivity index (χ0) is 26.0. The predicted octanol–water partition coefficient (Wildman–Crippen LogP) is 3.59. The number of hydrogen-bond donors (Lipinski definition) is 3. The molecule has 0 spiro atoms. The normalized spacial score (nSPS) is 11.2. The molecule has 0 fully saturated rings. The quantitative estimate of drug-likeness (QED) is 0.349. The van der Waals surface area contributed by atoms with E-state index in [1.165, 1.54) is 56.8 Å². The fraction of sp³-hybridized carbons (Fsp3) is 0.115. The van der Waals surface area contributed by atoms with Crippen LogP contribution < -0.4 is 21.1 Å². The smallest absolute Gasteiger partial charge is 0.252 e. The van der Waals surface area contributed by atoms with Gasteiger partial charge < -0.3 is 21.1 Å². The van der Waals surface area contributed by atoms with Gasteiger partial charge in [-0.25, -0.2) is 8.42 Å². The first kappa shape index (κ1) is 24.7. The van der Waals surface area contributed by atoms with Crippen molar-refractivity contribution in [1.82, 2.24) is 10.3 Å². The molecule has 0 bridgehead atoms. The highest BCUT2D eigenvalue weighted by molar-refractivity contribution is 7.91. The number of benzene rings is 3. The van der Waals surface area contributed by atoms with Crippen LogP contribution in [0.1, 0.15) is 26.3 Å². The summed E-state index contributed by atoms with van der Waals surface area (Å²) in [6, 6.07) is 15.8. The molecular weight excluding hydrogens is 480 g/mol. The summed E-state index contributed by atoms with van der Waals surface area (Å²) in [5.74, 6) is -0.532. The lowest BCUT2D eigenvalue weighted by Crippen LogP contribution is -2.18. The Kier molecular flexibility index (Phi) is 6.63. The first-order valence-electron chi connectivity index (χ1n) is 10.9. The van der Waals surface area contributed by atoms with Gasteiger partial charge in [-0.3, -0.25) is 14.6 Å². The van der Waals surface area contributed by atoms with Gasteiger partial charge in [0.25, 0.3) is 11.8 Å². The molecular formula is C26H24N4O5S. The number of ether oxygens (including phenoxy) is 1. The molecule has 1 aromatic heterocycles. The topological polar surface area (TPSA) is 140 Å². The van der Waals surface area contributed by atoms with Gasteiger partial charge in [0.15, 0.2) is 0 Å². The highest BCUT2D eigenvalue weighted by atomic mass is 32.2. The maximum Gasteiger partial charge on any atom is 0.252 e. The molecule has 0 saturated carbocycles. The molecule has 0 aliphatic heterocycles. The largest absolute Gasteiger partial charge is 0.497 e. The number of aryl methyl sites for hydroxylation is 1. The summed E-state index contributed by atoms with van der Waals surface area (Å²) in [4.78, 5) is 28.6. The Morgan fingerprint density at radius 3 is 2.44 bits per heavy atom. The molecule has 184 valence electrons. The van der Waals surface area contributed by atoms with Crippen LogP contribution in [0.25, 0.3) is 10.9 Å². The maximum absolute atomic E-state index is 13.6. The third-order valence-corrected chi connectivity index (χ3v) is 7.41. The number of carbonyl (C=O) groups excluding carboxylic acids is 2. The van der Waals surface area contributed by atoms with Gasteiger partial charge in [0.1, 0.15) is 5.75 Å². The zero-order valence-electron chi connectivity index (χ0n) is 19.8. The average Bonchev–Trinajstić information content (AvgIpc) is 2.88. The van der Waals surface area contributed by atoms with E-state index >= 15 is 0 Å². The fourth-order valence-electron chi connectivity index (χ4n) is 3.85. The SMILES string of the molecule is CNC(=O)c1cccc(S(=O)(=O)c2cc(C)c3ncc(C(N)=O)c(Nc4cccc(OC)c4)c3c2)c1.